The summed E-state index contributed by atoms with van der Waals surface area (Å²) in [6.07, 6.45) is 0. The van der Waals surface area contributed by atoms with Gasteiger partial charge in [-0.3, -0.25) is 0 Å². The molecule has 0 fully saturated rings. The molecule has 7 heavy (non-hydrogen) atoms. The van der Waals surface area contributed by atoms with Crippen molar-refractivity contribution in [2.75, 3.05) is 5.88 Å². The Hall–Kier alpha value is 0.569. The van der Waals surface area contributed by atoms with E-state index < -0.39 is 5.97 Å². The summed E-state index contributed by atoms with van der Waals surface area (Å²) in [7, 11) is 0. The zero-order chi connectivity index (χ0) is 4.99. The molecule has 0 aliphatic heterocycles. The smallest absolute Gasteiger partial charge is 0.339 e. The molecule has 0 rings (SSSR count). The van der Waals surface area contributed by atoms with Crippen molar-refractivity contribution in [1.82, 2.24) is 0 Å². The second kappa shape index (κ2) is 6.57. The fourth-order valence-corrected chi connectivity index (χ4v) is 0.186. The molecule has 0 bridgehead atoms. The third-order valence-electron chi connectivity index (χ3n) is 0.195. The minimum atomic E-state index is -0.627. The first-order valence-electron chi connectivity index (χ1n) is 1.18. The van der Waals surface area contributed by atoms with Crippen LogP contribution in [0.5, 0.6) is 0 Å². The van der Waals surface area contributed by atoms with Crippen molar-refractivity contribution in [3.05, 3.63) is 0 Å². The molecule has 47 valence electrons. The van der Waals surface area contributed by atoms with Gasteiger partial charge in [0.2, 0.25) is 0 Å². The van der Waals surface area contributed by atoms with Crippen molar-refractivity contribution < 1.29 is 26.2 Å². The summed E-state index contributed by atoms with van der Waals surface area (Å²) < 4.78 is 3.60. The largest absolute Gasteiger partial charge is 0.346 e. The zero-order valence-electron chi connectivity index (χ0n) is 3.08. The molecule has 0 unspecified atom stereocenters. The number of alkyl halides is 1. The van der Waals surface area contributed by atoms with Crippen LogP contribution in [-0.4, -0.2) is 11.8 Å². The van der Waals surface area contributed by atoms with Crippen molar-refractivity contribution in [2.24, 2.45) is 0 Å². The summed E-state index contributed by atoms with van der Waals surface area (Å²) in [4.78, 5) is 9.69. The van der Waals surface area contributed by atoms with Gasteiger partial charge in [-0.2, -0.15) is 0 Å². The van der Waals surface area contributed by atoms with Crippen LogP contribution in [0.4, 0.5) is 0 Å². The van der Waals surface area contributed by atoms with Gasteiger partial charge in [0.15, 0.2) is 0 Å². The molecular weight excluding hydrogens is 190 g/mol. The summed E-state index contributed by atoms with van der Waals surface area (Å²) in [5, 5.41) is 0. The van der Waals surface area contributed by atoms with E-state index >= 15 is 0 Å². The number of carbonyl (C=O) groups is 1. The third-order valence-corrected chi connectivity index (χ3v) is 0.585. The molecule has 0 aromatic heterocycles. The molecule has 0 aromatic rings. The van der Waals surface area contributed by atoms with Gasteiger partial charge in [0.25, 0.3) is 0 Å². The molecule has 5 heteroatoms. The molecule has 0 aliphatic carbocycles. The number of hydrogen-bond acceptors (Lipinski definition) is 2. The fraction of sp³-hybridized carbons (Fsp3) is 0.500. The molecule has 0 atom stereocenters. The topological polar surface area (TPSA) is 26.3 Å². The van der Waals surface area contributed by atoms with Gasteiger partial charge in [0.1, 0.15) is 17.7 Å². The van der Waals surface area contributed by atoms with Crippen molar-refractivity contribution in [1.29, 1.82) is 0 Å². The van der Waals surface area contributed by atoms with E-state index in [2.05, 4.69) is 16.2 Å². The second-order valence-electron chi connectivity index (χ2n) is 0.583. The van der Waals surface area contributed by atoms with Gasteiger partial charge in [-0.25, -0.2) is 4.79 Å². The summed E-state index contributed by atoms with van der Waals surface area (Å²) in [6.45, 7) is 0. The average Bonchev–Trinajstić information content (AvgIpc) is 1.65. The zero-order valence-corrected chi connectivity index (χ0v) is 5.53. The minimum Gasteiger partial charge on any atom is -0.346 e. The quantitative estimate of drug-likeness (QED) is 0.456. The molecular formula is C2H2Cl2CuO2. The first-order valence-corrected chi connectivity index (χ1v) is 2.03. The fourth-order valence-electron chi connectivity index (χ4n) is 0.0206. The van der Waals surface area contributed by atoms with Gasteiger partial charge in [0.05, 0.1) is 0 Å². The van der Waals surface area contributed by atoms with Crippen LogP contribution in [0.2, 0.25) is 0 Å². The van der Waals surface area contributed by atoms with Crippen molar-refractivity contribution in [3.8, 4) is 0 Å². The van der Waals surface area contributed by atoms with E-state index in [1.807, 2.05) is 0 Å². The molecule has 1 radical (unpaired) electrons. The maximum atomic E-state index is 9.69. The molecule has 0 heterocycles. The molecule has 0 saturated carbocycles. The SMILES string of the molecule is O=C(CCl)OCl.[Cu]. The molecule has 2 nitrogen and oxygen atoms in total. The number of rotatable bonds is 1. The average molecular weight is 192 g/mol. The molecule has 0 aromatic carbocycles. The summed E-state index contributed by atoms with van der Waals surface area (Å²) in [5.41, 5.74) is 0. The first kappa shape index (κ1) is 10.5. The Kier molecular flexibility index (Phi) is 9.88. The third kappa shape index (κ3) is 6.57. The van der Waals surface area contributed by atoms with Crippen LogP contribution in [-0.2, 0) is 26.2 Å². The Balaban J connectivity index is 0. The van der Waals surface area contributed by atoms with E-state index in [0.29, 0.717) is 0 Å². The molecule has 0 amide bonds. The van der Waals surface area contributed by atoms with Gasteiger partial charge < -0.3 is 4.29 Å². The second-order valence-corrected chi connectivity index (χ2v) is 1.00. The Bertz CT molecular complexity index is 51.7. The van der Waals surface area contributed by atoms with Gasteiger partial charge in [-0.15, -0.1) is 11.6 Å². The van der Waals surface area contributed by atoms with Gasteiger partial charge in [-0.1, -0.05) is 0 Å². The number of hydrogen-bond donors (Lipinski definition) is 0. The van der Waals surface area contributed by atoms with E-state index in [0.717, 1.165) is 0 Å². The maximum Gasteiger partial charge on any atom is 0.339 e. The van der Waals surface area contributed by atoms with Gasteiger partial charge >= 0.3 is 5.97 Å². The van der Waals surface area contributed by atoms with E-state index in [-0.39, 0.29) is 22.9 Å². The Morgan fingerprint density at radius 2 is 2.14 bits per heavy atom. The van der Waals surface area contributed by atoms with Gasteiger partial charge in [0, 0.05) is 17.1 Å². The first-order chi connectivity index (χ1) is 2.81. The van der Waals surface area contributed by atoms with E-state index in [1.165, 1.54) is 0 Å². The van der Waals surface area contributed by atoms with Crippen LogP contribution in [0, 0.1) is 0 Å². The monoisotopic (exact) mass is 191 g/mol. The molecule has 0 spiro atoms. The molecule has 0 saturated heterocycles. The van der Waals surface area contributed by atoms with E-state index in [9.17, 15) is 4.79 Å². The molecule has 0 aliphatic rings. The molecule has 0 N–H and O–H groups in total. The predicted octanol–water partition coefficient (Wildman–Crippen LogP) is 0.920. The Morgan fingerprint density at radius 1 is 1.71 bits per heavy atom. The van der Waals surface area contributed by atoms with Crippen LogP contribution >= 0.6 is 23.5 Å². The summed E-state index contributed by atoms with van der Waals surface area (Å²) in [6, 6.07) is 0. The summed E-state index contributed by atoms with van der Waals surface area (Å²) in [5.74, 6) is -0.818. The van der Waals surface area contributed by atoms with Crippen LogP contribution in [0.15, 0.2) is 0 Å². The van der Waals surface area contributed by atoms with Crippen LogP contribution in [0.25, 0.3) is 0 Å². The Morgan fingerprint density at radius 3 is 2.14 bits per heavy atom. The van der Waals surface area contributed by atoms with Crippen LogP contribution < -0.4 is 0 Å². The summed E-state index contributed by atoms with van der Waals surface area (Å²) >= 11 is 9.41. The predicted molar refractivity (Wildman–Crippen MR) is 22.7 cm³/mol. The van der Waals surface area contributed by atoms with E-state index in [4.69, 9.17) is 11.6 Å². The maximum absolute atomic E-state index is 9.69. The van der Waals surface area contributed by atoms with Crippen molar-refractivity contribution >= 4 is 29.4 Å². The van der Waals surface area contributed by atoms with Gasteiger partial charge in [-0.05, 0) is 0 Å². The Labute approximate surface area is 61.8 Å². The number of halogens is 2. The van der Waals surface area contributed by atoms with Crippen LogP contribution in [0.1, 0.15) is 0 Å². The standard InChI is InChI=1S/C2H2Cl2O2.Cu/c3-1-2(5)6-4;/h1H2;. The van der Waals surface area contributed by atoms with Crippen molar-refractivity contribution in [3.63, 3.8) is 0 Å². The van der Waals surface area contributed by atoms with E-state index in [1.54, 1.807) is 0 Å². The minimum absolute atomic E-state index is 0. The normalized spacial score (nSPS) is 6.57. The van der Waals surface area contributed by atoms with Crippen molar-refractivity contribution in [2.45, 2.75) is 0 Å². The number of carbonyl (C=O) groups excluding carboxylic acids is 1. The van der Waals surface area contributed by atoms with Crippen LogP contribution in [0.3, 0.4) is 0 Å².